The number of ether oxygens (including phenoxy) is 1. The molecule has 2 amide bonds. The van der Waals surface area contributed by atoms with Crippen molar-refractivity contribution >= 4 is 17.6 Å². The predicted octanol–water partition coefficient (Wildman–Crippen LogP) is 1.93. The molecule has 0 aliphatic carbocycles. The molecule has 108 valence electrons. The van der Waals surface area contributed by atoms with Crippen molar-refractivity contribution < 1.29 is 19.1 Å². The highest BCUT2D eigenvalue weighted by molar-refractivity contribution is 6.21. The Labute approximate surface area is 122 Å². The van der Waals surface area contributed by atoms with Crippen LogP contribution < -0.4 is 0 Å². The molecule has 2 aliphatic heterocycles. The number of fused-ring (bicyclic) bond motifs is 1. The van der Waals surface area contributed by atoms with E-state index < -0.39 is 0 Å². The van der Waals surface area contributed by atoms with Gasteiger partial charge in [0.25, 0.3) is 11.8 Å². The molecule has 0 radical (unpaired) electrons. The number of hydrogen-bond donors (Lipinski definition) is 0. The Hall–Kier alpha value is -2.43. The lowest BCUT2D eigenvalue weighted by molar-refractivity contribution is -0.118. The fraction of sp³-hybridized carbons (Fsp3) is 0.312. The van der Waals surface area contributed by atoms with E-state index in [9.17, 15) is 14.4 Å². The molecular weight excluding hydrogens is 270 g/mol. The zero-order valence-corrected chi connectivity index (χ0v) is 11.5. The van der Waals surface area contributed by atoms with Gasteiger partial charge in [0.2, 0.25) is 0 Å². The summed E-state index contributed by atoms with van der Waals surface area (Å²) < 4.78 is 5.34. The van der Waals surface area contributed by atoms with E-state index in [0.717, 1.165) is 0 Å². The van der Waals surface area contributed by atoms with Crippen molar-refractivity contribution in [2.24, 2.45) is 0 Å². The van der Waals surface area contributed by atoms with Crippen LogP contribution in [0.3, 0.4) is 0 Å². The zero-order chi connectivity index (χ0) is 14.8. The summed E-state index contributed by atoms with van der Waals surface area (Å²) in [6.45, 7) is 0.351. The Morgan fingerprint density at radius 1 is 1.10 bits per heavy atom. The van der Waals surface area contributed by atoms with Crippen molar-refractivity contribution in [2.45, 2.75) is 25.4 Å². The van der Waals surface area contributed by atoms with Gasteiger partial charge in [-0.1, -0.05) is 12.1 Å². The largest absolute Gasteiger partial charge is 0.497 e. The van der Waals surface area contributed by atoms with Crippen molar-refractivity contribution in [1.29, 1.82) is 0 Å². The Morgan fingerprint density at radius 2 is 1.76 bits per heavy atom. The van der Waals surface area contributed by atoms with Crippen LogP contribution in [0, 0.1) is 0 Å². The standard InChI is InChI=1S/C16H15NO4/c18-11-7-9-21-12(10-11)4-3-8-17-15(19)13-5-1-2-6-14(13)16(17)20/h1-2,5-7,9,12H,3-4,8,10H2/t12-/m0/s1. The van der Waals surface area contributed by atoms with E-state index in [0.29, 0.717) is 36.9 Å². The molecule has 2 aliphatic rings. The number of carbonyl (C=O) groups is 3. The summed E-state index contributed by atoms with van der Waals surface area (Å²) in [5, 5.41) is 0. The average molecular weight is 285 g/mol. The topological polar surface area (TPSA) is 63.7 Å². The Bertz CT molecular complexity index is 600. The van der Waals surface area contributed by atoms with Crippen LogP contribution in [0.2, 0.25) is 0 Å². The first kappa shape index (κ1) is 13.5. The molecule has 0 bridgehead atoms. The lowest BCUT2D eigenvalue weighted by atomic mass is 10.1. The molecule has 1 atom stereocenters. The second-order valence-electron chi connectivity index (χ2n) is 5.18. The van der Waals surface area contributed by atoms with E-state index in [-0.39, 0.29) is 23.7 Å². The molecule has 5 nitrogen and oxygen atoms in total. The molecule has 1 aromatic carbocycles. The molecule has 5 heteroatoms. The van der Waals surface area contributed by atoms with E-state index in [1.54, 1.807) is 24.3 Å². The highest BCUT2D eigenvalue weighted by atomic mass is 16.5. The fourth-order valence-corrected chi connectivity index (χ4v) is 2.66. The van der Waals surface area contributed by atoms with Gasteiger partial charge in [0, 0.05) is 19.0 Å². The number of allylic oxidation sites excluding steroid dienone is 1. The quantitative estimate of drug-likeness (QED) is 0.793. The highest BCUT2D eigenvalue weighted by Crippen LogP contribution is 2.23. The first-order valence-corrected chi connectivity index (χ1v) is 6.97. The van der Waals surface area contributed by atoms with E-state index in [2.05, 4.69) is 0 Å². The molecular formula is C16H15NO4. The summed E-state index contributed by atoms with van der Waals surface area (Å²) >= 11 is 0. The van der Waals surface area contributed by atoms with Gasteiger partial charge < -0.3 is 4.74 Å². The summed E-state index contributed by atoms with van der Waals surface area (Å²) in [4.78, 5) is 36.8. The average Bonchev–Trinajstić information content (AvgIpc) is 2.73. The van der Waals surface area contributed by atoms with Gasteiger partial charge in [-0.05, 0) is 25.0 Å². The first-order valence-electron chi connectivity index (χ1n) is 6.97. The number of ketones is 1. The van der Waals surface area contributed by atoms with Crippen molar-refractivity contribution in [3.8, 4) is 0 Å². The molecule has 0 fully saturated rings. The molecule has 3 rings (SSSR count). The number of imide groups is 1. The summed E-state index contributed by atoms with van der Waals surface area (Å²) in [6, 6.07) is 6.84. The monoisotopic (exact) mass is 285 g/mol. The number of amides is 2. The number of rotatable bonds is 4. The zero-order valence-electron chi connectivity index (χ0n) is 11.5. The summed E-state index contributed by atoms with van der Waals surface area (Å²) in [6.07, 6.45) is 4.30. The molecule has 0 aromatic heterocycles. The third kappa shape index (κ3) is 2.59. The molecule has 2 heterocycles. The summed E-state index contributed by atoms with van der Waals surface area (Å²) in [5.74, 6) is -0.431. The van der Waals surface area contributed by atoms with Gasteiger partial charge in [-0.25, -0.2) is 0 Å². The third-order valence-corrected chi connectivity index (χ3v) is 3.74. The minimum atomic E-state index is -0.240. The minimum Gasteiger partial charge on any atom is -0.497 e. The van der Waals surface area contributed by atoms with Crippen LogP contribution in [0.1, 0.15) is 40.0 Å². The number of carbonyl (C=O) groups excluding carboxylic acids is 3. The Morgan fingerprint density at radius 3 is 2.38 bits per heavy atom. The molecule has 0 unspecified atom stereocenters. The summed E-state index contributed by atoms with van der Waals surface area (Å²) in [7, 11) is 0. The third-order valence-electron chi connectivity index (χ3n) is 3.74. The molecule has 0 spiro atoms. The smallest absolute Gasteiger partial charge is 0.261 e. The summed E-state index contributed by atoms with van der Waals surface area (Å²) in [5.41, 5.74) is 0.934. The second kappa shape index (κ2) is 5.52. The van der Waals surface area contributed by atoms with Crippen LogP contribution in [0.15, 0.2) is 36.6 Å². The molecule has 21 heavy (non-hydrogen) atoms. The molecule has 1 aromatic rings. The van der Waals surface area contributed by atoms with Crippen LogP contribution in [0.4, 0.5) is 0 Å². The van der Waals surface area contributed by atoms with Crippen LogP contribution in [0.5, 0.6) is 0 Å². The van der Waals surface area contributed by atoms with Crippen LogP contribution in [0.25, 0.3) is 0 Å². The van der Waals surface area contributed by atoms with Gasteiger partial charge >= 0.3 is 0 Å². The van der Waals surface area contributed by atoms with Gasteiger partial charge in [-0.2, -0.15) is 0 Å². The van der Waals surface area contributed by atoms with Gasteiger partial charge in [0.1, 0.15) is 6.10 Å². The van der Waals surface area contributed by atoms with Crippen LogP contribution in [-0.4, -0.2) is 35.1 Å². The van der Waals surface area contributed by atoms with E-state index in [1.165, 1.54) is 17.2 Å². The highest BCUT2D eigenvalue weighted by Gasteiger charge is 2.34. The van der Waals surface area contributed by atoms with Gasteiger partial charge in [-0.15, -0.1) is 0 Å². The van der Waals surface area contributed by atoms with E-state index >= 15 is 0 Å². The maximum atomic E-state index is 12.1. The maximum Gasteiger partial charge on any atom is 0.261 e. The van der Waals surface area contributed by atoms with Crippen molar-refractivity contribution in [2.75, 3.05) is 6.54 Å². The fourth-order valence-electron chi connectivity index (χ4n) is 2.66. The van der Waals surface area contributed by atoms with Gasteiger partial charge in [-0.3, -0.25) is 19.3 Å². The normalized spacial score (nSPS) is 20.7. The number of nitrogens with zero attached hydrogens (tertiary/aromatic N) is 1. The molecule has 0 N–H and O–H groups in total. The second-order valence-corrected chi connectivity index (χ2v) is 5.18. The number of benzene rings is 1. The maximum absolute atomic E-state index is 12.1. The van der Waals surface area contributed by atoms with Crippen molar-refractivity contribution in [3.05, 3.63) is 47.7 Å². The Kier molecular flexibility index (Phi) is 3.56. The molecule has 0 saturated heterocycles. The van der Waals surface area contributed by atoms with E-state index in [1.807, 2.05) is 0 Å². The van der Waals surface area contributed by atoms with Gasteiger partial charge in [0.15, 0.2) is 5.78 Å². The Balaban J connectivity index is 1.57. The van der Waals surface area contributed by atoms with E-state index in [4.69, 9.17) is 4.74 Å². The van der Waals surface area contributed by atoms with Crippen molar-refractivity contribution in [3.63, 3.8) is 0 Å². The minimum absolute atomic E-state index is 0.0481. The van der Waals surface area contributed by atoms with Crippen molar-refractivity contribution in [1.82, 2.24) is 4.90 Å². The van der Waals surface area contributed by atoms with Crippen LogP contribution >= 0.6 is 0 Å². The SMILES string of the molecule is O=C1C=CO[C@@H](CCCN2C(=O)c3ccccc3C2=O)C1. The van der Waals surface area contributed by atoms with Gasteiger partial charge in [0.05, 0.1) is 17.4 Å². The molecule has 0 saturated carbocycles. The van der Waals surface area contributed by atoms with Crippen LogP contribution in [-0.2, 0) is 9.53 Å². The first-order chi connectivity index (χ1) is 10.2. The lowest BCUT2D eigenvalue weighted by Gasteiger charge is -2.20. The number of hydrogen-bond acceptors (Lipinski definition) is 4. The lowest BCUT2D eigenvalue weighted by Crippen LogP contribution is -2.31. The predicted molar refractivity (Wildman–Crippen MR) is 74.7 cm³/mol.